The third-order valence-corrected chi connectivity index (χ3v) is 3.39. The first-order valence-corrected chi connectivity index (χ1v) is 7.03. The topological polar surface area (TPSA) is 17.1 Å². The van der Waals surface area contributed by atoms with Crippen LogP contribution in [0.15, 0.2) is 60.7 Å². The standard InChI is InChI=1S/C17H18OS/c18-16(11-14-7-3-1-4-8-14)13-17(19)12-15-9-5-2-6-10-15/h1-10,17,19H,11-13H2. The van der Waals surface area contributed by atoms with Gasteiger partial charge in [0.05, 0.1) is 0 Å². The number of thiol groups is 1. The summed E-state index contributed by atoms with van der Waals surface area (Å²) in [5.41, 5.74) is 2.31. The molecule has 1 unspecified atom stereocenters. The van der Waals surface area contributed by atoms with Crippen molar-refractivity contribution in [3.8, 4) is 0 Å². The monoisotopic (exact) mass is 270 g/mol. The number of hydrogen-bond acceptors (Lipinski definition) is 2. The SMILES string of the molecule is O=C(Cc1ccccc1)CC(S)Cc1ccccc1. The zero-order valence-corrected chi connectivity index (χ0v) is 11.7. The molecule has 0 aliphatic heterocycles. The van der Waals surface area contributed by atoms with Crippen molar-refractivity contribution in [2.45, 2.75) is 24.5 Å². The van der Waals surface area contributed by atoms with Crippen LogP contribution in [0.4, 0.5) is 0 Å². The lowest BCUT2D eigenvalue weighted by Gasteiger charge is -2.10. The third kappa shape index (κ3) is 4.92. The summed E-state index contributed by atoms with van der Waals surface area (Å²) < 4.78 is 0. The van der Waals surface area contributed by atoms with Crippen LogP contribution >= 0.6 is 12.6 Å². The summed E-state index contributed by atoms with van der Waals surface area (Å²) in [5, 5.41) is 0.0959. The maximum absolute atomic E-state index is 12.0. The Labute approximate surface area is 120 Å². The van der Waals surface area contributed by atoms with E-state index in [9.17, 15) is 4.79 Å². The van der Waals surface area contributed by atoms with E-state index in [0.29, 0.717) is 12.8 Å². The first-order chi connectivity index (χ1) is 9.24. The summed E-state index contributed by atoms with van der Waals surface area (Å²) in [5.74, 6) is 0.252. The molecular formula is C17H18OS. The average molecular weight is 270 g/mol. The Balaban J connectivity index is 1.82. The van der Waals surface area contributed by atoms with Gasteiger partial charge in [0.2, 0.25) is 0 Å². The molecule has 2 aromatic rings. The van der Waals surface area contributed by atoms with Crippen molar-refractivity contribution < 1.29 is 4.79 Å². The van der Waals surface area contributed by atoms with E-state index in [0.717, 1.165) is 12.0 Å². The lowest BCUT2D eigenvalue weighted by Crippen LogP contribution is -2.13. The van der Waals surface area contributed by atoms with Gasteiger partial charge in [-0.05, 0) is 17.5 Å². The summed E-state index contributed by atoms with van der Waals surface area (Å²) >= 11 is 4.53. The van der Waals surface area contributed by atoms with Gasteiger partial charge in [0, 0.05) is 18.1 Å². The molecular weight excluding hydrogens is 252 g/mol. The van der Waals surface area contributed by atoms with Gasteiger partial charge in [0.1, 0.15) is 5.78 Å². The molecule has 1 nitrogen and oxygen atoms in total. The van der Waals surface area contributed by atoms with Gasteiger partial charge < -0.3 is 0 Å². The van der Waals surface area contributed by atoms with Gasteiger partial charge in [-0.1, -0.05) is 60.7 Å². The predicted octanol–water partition coefficient (Wildman–Crippen LogP) is 3.73. The summed E-state index contributed by atoms with van der Waals surface area (Å²) in [4.78, 5) is 12.0. The molecule has 19 heavy (non-hydrogen) atoms. The van der Waals surface area contributed by atoms with Crippen molar-refractivity contribution in [2.24, 2.45) is 0 Å². The highest BCUT2D eigenvalue weighted by molar-refractivity contribution is 7.81. The van der Waals surface area contributed by atoms with Gasteiger partial charge in [-0.15, -0.1) is 0 Å². The summed E-state index contributed by atoms with van der Waals surface area (Å²) in [6.45, 7) is 0. The first kappa shape index (κ1) is 13.9. The smallest absolute Gasteiger partial charge is 0.138 e. The lowest BCUT2D eigenvalue weighted by atomic mass is 10.0. The van der Waals surface area contributed by atoms with Gasteiger partial charge in [-0.25, -0.2) is 0 Å². The number of carbonyl (C=O) groups excluding carboxylic acids is 1. The van der Waals surface area contributed by atoms with E-state index in [4.69, 9.17) is 0 Å². The van der Waals surface area contributed by atoms with Crippen LogP contribution in [0.5, 0.6) is 0 Å². The molecule has 2 heteroatoms. The first-order valence-electron chi connectivity index (χ1n) is 6.51. The van der Waals surface area contributed by atoms with Crippen LogP contribution in [0.25, 0.3) is 0 Å². The van der Waals surface area contributed by atoms with E-state index in [1.54, 1.807) is 0 Å². The molecule has 0 N–H and O–H groups in total. The number of ketones is 1. The van der Waals surface area contributed by atoms with Crippen molar-refractivity contribution in [3.05, 3.63) is 71.8 Å². The van der Waals surface area contributed by atoms with Crippen LogP contribution < -0.4 is 0 Å². The van der Waals surface area contributed by atoms with Crippen LogP contribution in [-0.2, 0) is 17.6 Å². The maximum Gasteiger partial charge on any atom is 0.138 e. The Bertz CT molecular complexity index is 507. The Morgan fingerprint density at radius 2 is 1.42 bits per heavy atom. The Morgan fingerprint density at radius 3 is 2.00 bits per heavy atom. The minimum atomic E-state index is 0.0959. The summed E-state index contributed by atoms with van der Waals surface area (Å²) in [6, 6.07) is 20.0. The van der Waals surface area contributed by atoms with Gasteiger partial charge >= 0.3 is 0 Å². The van der Waals surface area contributed by atoms with Crippen molar-refractivity contribution in [3.63, 3.8) is 0 Å². The van der Waals surface area contributed by atoms with Gasteiger partial charge in [-0.2, -0.15) is 12.6 Å². The van der Waals surface area contributed by atoms with E-state index >= 15 is 0 Å². The van der Waals surface area contributed by atoms with Crippen molar-refractivity contribution >= 4 is 18.4 Å². The fourth-order valence-electron chi connectivity index (χ4n) is 2.12. The van der Waals surface area contributed by atoms with Crippen LogP contribution in [-0.4, -0.2) is 11.0 Å². The molecule has 0 amide bonds. The zero-order valence-electron chi connectivity index (χ0n) is 10.8. The Morgan fingerprint density at radius 1 is 0.895 bits per heavy atom. The normalized spacial score (nSPS) is 12.1. The highest BCUT2D eigenvalue weighted by Gasteiger charge is 2.11. The summed E-state index contributed by atoms with van der Waals surface area (Å²) in [6.07, 6.45) is 1.87. The minimum Gasteiger partial charge on any atom is -0.299 e. The third-order valence-electron chi connectivity index (χ3n) is 3.02. The molecule has 0 spiro atoms. The Hall–Kier alpha value is -1.54. The van der Waals surface area contributed by atoms with E-state index in [1.165, 1.54) is 5.56 Å². The average Bonchev–Trinajstić information content (AvgIpc) is 2.40. The second-order valence-corrected chi connectivity index (χ2v) is 5.48. The van der Waals surface area contributed by atoms with Crippen LogP contribution in [0, 0.1) is 0 Å². The molecule has 0 fully saturated rings. The number of rotatable bonds is 6. The maximum atomic E-state index is 12.0. The molecule has 0 aliphatic carbocycles. The van der Waals surface area contributed by atoms with E-state index in [2.05, 4.69) is 24.8 Å². The second kappa shape index (κ2) is 7.15. The highest BCUT2D eigenvalue weighted by Crippen LogP contribution is 2.13. The molecule has 0 radical (unpaired) electrons. The largest absolute Gasteiger partial charge is 0.299 e. The quantitative estimate of drug-likeness (QED) is 0.792. The molecule has 2 aromatic carbocycles. The molecule has 0 bridgehead atoms. The van der Waals surface area contributed by atoms with Crippen LogP contribution in [0.3, 0.4) is 0 Å². The number of benzene rings is 2. The molecule has 0 aromatic heterocycles. The fourth-order valence-corrected chi connectivity index (χ4v) is 2.53. The molecule has 0 aliphatic rings. The molecule has 0 heterocycles. The van der Waals surface area contributed by atoms with Gasteiger partial charge in [-0.3, -0.25) is 4.79 Å². The van der Waals surface area contributed by atoms with Gasteiger partial charge in [0.15, 0.2) is 0 Å². The molecule has 98 valence electrons. The fraction of sp³-hybridized carbons (Fsp3) is 0.235. The van der Waals surface area contributed by atoms with Crippen molar-refractivity contribution in [2.75, 3.05) is 0 Å². The predicted molar refractivity (Wildman–Crippen MR) is 82.7 cm³/mol. The zero-order chi connectivity index (χ0) is 13.5. The highest BCUT2D eigenvalue weighted by atomic mass is 32.1. The Kier molecular flexibility index (Phi) is 5.22. The molecule has 0 saturated carbocycles. The lowest BCUT2D eigenvalue weighted by molar-refractivity contribution is -0.118. The molecule has 1 atom stereocenters. The number of Topliss-reactive ketones (excluding diaryl/α,β-unsaturated/α-hetero) is 1. The molecule has 0 saturated heterocycles. The molecule has 2 rings (SSSR count). The van der Waals surface area contributed by atoms with Gasteiger partial charge in [0.25, 0.3) is 0 Å². The number of carbonyl (C=O) groups is 1. The second-order valence-electron chi connectivity index (χ2n) is 4.75. The number of hydrogen-bond donors (Lipinski definition) is 1. The van der Waals surface area contributed by atoms with E-state index in [-0.39, 0.29) is 11.0 Å². The minimum absolute atomic E-state index is 0.0959. The van der Waals surface area contributed by atoms with E-state index < -0.39 is 0 Å². The van der Waals surface area contributed by atoms with Crippen molar-refractivity contribution in [1.29, 1.82) is 0 Å². The summed E-state index contributed by atoms with van der Waals surface area (Å²) in [7, 11) is 0. The van der Waals surface area contributed by atoms with Crippen LogP contribution in [0.2, 0.25) is 0 Å². The van der Waals surface area contributed by atoms with Crippen LogP contribution in [0.1, 0.15) is 17.5 Å². The van der Waals surface area contributed by atoms with E-state index in [1.807, 2.05) is 48.5 Å². The van der Waals surface area contributed by atoms with Crippen molar-refractivity contribution in [1.82, 2.24) is 0 Å².